The van der Waals surface area contributed by atoms with Crippen molar-refractivity contribution in [2.45, 2.75) is 39.2 Å². The Morgan fingerprint density at radius 1 is 1.15 bits per heavy atom. The van der Waals surface area contributed by atoms with E-state index in [-0.39, 0.29) is 17.2 Å². The predicted octanol–water partition coefficient (Wildman–Crippen LogP) is 4.53. The second-order valence-electron chi connectivity index (χ2n) is 6.28. The molecule has 2 aromatic rings. The van der Waals surface area contributed by atoms with Crippen LogP contribution in [0.5, 0.6) is 5.75 Å². The van der Waals surface area contributed by atoms with Crippen molar-refractivity contribution in [1.29, 1.82) is 0 Å². The zero-order valence-corrected chi connectivity index (χ0v) is 15.9. The lowest BCUT2D eigenvalue weighted by Crippen LogP contribution is -2.30. The third-order valence-corrected chi connectivity index (χ3v) is 4.40. The third-order valence-electron chi connectivity index (χ3n) is 4.40. The number of halogens is 1. The van der Waals surface area contributed by atoms with Crippen molar-refractivity contribution in [2.75, 3.05) is 12.4 Å². The fourth-order valence-corrected chi connectivity index (χ4v) is 2.57. The number of esters is 1. The molecule has 2 atom stereocenters. The molecule has 0 fully saturated rings. The smallest absolute Gasteiger partial charge is 0.339 e. The molecular weight excluding hydrogens is 349 g/mol. The SMILES string of the molecule is CC[C@@H](C)c1ccccc1NC(=O)[C@H](C)OC(=O)c1ccc(OC)c(F)c1. The van der Waals surface area contributed by atoms with E-state index in [1.165, 1.54) is 26.2 Å². The molecule has 6 heteroatoms. The van der Waals surface area contributed by atoms with Crippen molar-refractivity contribution in [3.8, 4) is 5.75 Å². The van der Waals surface area contributed by atoms with E-state index in [0.717, 1.165) is 18.1 Å². The highest BCUT2D eigenvalue weighted by atomic mass is 19.1. The largest absolute Gasteiger partial charge is 0.494 e. The van der Waals surface area contributed by atoms with Gasteiger partial charge in [-0.15, -0.1) is 0 Å². The van der Waals surface area contributed by atoms with Crippen molar-refractivity contribution < 1.29 is 23.5 Å². The average Bonchev–Trinajstić information content (AvgIpc) is 2.67. The number of amides is 1. The van der Waals surface area contributed by atoms with Crippen LogP contribution in [0.1, 0.15) is 49.0 Å². The maximum absolute atomic E-state index is 13.7. The number of hydrogen-bond acceptors (Lipinski definition) is 4. The number of methoxy groups -OCH3 is 1. The topological polar surface area (TPSA) is 64.6 Å². The van der Waals surface area contributed by atoms with Crippen LogP contribution in [0, 0.1) is 5.82 Å². The first-order chi connectivity index (χ1) is 12.9. The molecule has 0 aromatic heterocycles. The first-order valence-electron chi connectivity index (χ1n) is 8.81. The lowest BCUT2D eigenvalue weighted by molar-refractivity contribution is -0.123. The minimum absolute atomic E-state index is 0.00737. The zero-order chi connectivity index (χ0) is 20.0. The summed E-state index contributed by atoms with van der Waals surface area (Å²) in [5, 5.41) is 2.80. The number of rotatable bonds is 7. The van der Waals surface area contributed by atoms with Crippen LogP contribution in [0.25, 0.3) is 0 Å². The van der Waals surface area contributed by atoms with Crippen molar-refractivity contribution >= 4 is 17.6 Å². The molecule has 27 heavy (non-hydrogen) atoms. The number of ether oxygens (including phenoxy) is 2. The van der Waals surface area contributed by atoms with Gasteiger partial charge in [-0.25, -0.2) is 9.18 Å². The van der Waals surface area contributed by atoms with Crippen LogP contribution in [0.15, 0.2) is 42.5 Å². The number of para-hydroxylation sites is 1. The fourth-order valence-electron chi connectivity index (χ4n) is 2.57. The normalized spacial score (nSPS) is 12.8. The van der Waals surface area contributed by atoms with Gasteiger partial charge in [0.15, 0.2) is 17.7 Å². The zero-order valence-electron chi connectivity index (χ0n) is 15.9. The Morgan fingerprint density at radius 3 is 2.48 bits per heavy atom. The van der Waals surface area contributed by atoms with E-state index in [1.807, 2.05) is 24.3 Å². The Hall–Kier alpha value is -2.89. The molecule has 0 saturated carbocycles. The van der Waals surface area contributed by atoms with Gasteiger partial charge in [0.1, 0.15) is 0 Å². The van der Waals surface area contributed by atoms with E-state index < -0.39 is 23.8 Å². The average molecular weight is 373 g/mol. The molecule has 0 aliphatic rings. The molecule has 0 aliphatic heterocycles. The van der Waals surface area contributed by atoms with Gasteiger partial charge in [0.05, 0.1) is 12.7 Å². The van der Waals surface area contributed by atoms with Crippen LogP contribution in [0.4, 0.5) is 10.1 Å². The molecule has 0 aliphatic carbocycles. The molecule has 0 saturated heterocycles. The van der Waals surface area contributed by atoms with E-state index in [9.17, 15) is 14.0 Å². The van der Waals surface area contributed by atoms with Gasteiger partial charge in [0.25, 0.3) is 5.91 Å². The number of hydrogen-bond donors (Lipinski definition) is 1. The first-order valence-corrected chi connectivity index (χ1v) is 8.81. The van der Waals surface area contributed by atoms with Gasteiger partial charge in [0.2, 0.25) is 0 Å². The molecule has 2 rings (SSSR count). The van der Waals surface area contributed by atoms with E-state index in [4.69, 9.17) is 9.47 Å². The number of nitrogens with one attached hydrogen (secondary N) is 1. The molecule has 144 valence electrons. The summed E-state index contributed by atoms with van der Waals surface area (Å²) in [5.74, 6) is -1.60. The van der Waals surface area contributed by atoms with E-state index in [0.29, 0.717) is 5.69 Å². The van der Waals surface area contributed by atoms with E-state index in [2.05, 4.69) is 19.2 Å². The summed E-state index contributed by atoms with van der Waals surface area (Å²) in [5.41, 5.74) is 1.72. The van der Waals surface area contributed by atoms with E-state index in [1.54, 1.807) is 0 Å². The Bertz CT molecular complexity index is 822. The van der Waals surface area contributed by atoms with Crippen LogP contribution >= 0.6 is 0 Å². The standard InChI is InChI=1S/C21H24FNO4/c1-5-13(2)16-8-6-7-9-18(16)23-20(24)14(3)27-21(25)15-10-11-19(26-4)17(22)12-15/h6-14H,5H2,1-4H3,(H,23,24)/t13-,14+/m1/s1. The van der Waals surface area contributed by atoms with Crippen LogP contribution < -0.4 is 10.1 Å². The highest BCUT2D eigenvalue weighted by Crippen LogP contribution is 2.26. The number of carbonyl (C=O) groups excluding carboxylic acids is 2. The van der Waals surface area contributed by atoms with Crippen molar-refractivity contribution in [3.05, 3.63) is 59.4 Å². The van der Waals surface area contributed by atoms with Crippen molar-refractivity contribution in [1.82, 2.24) is 0 Å². The Labute approximate surface area is 158 Å². The van der Waals surface area contributed by atoms with Crippen LogP contribution in [-0.2, 0) is 9.53 Å². The van der Waals surface area contributed by atoms with Gasteiger partial charge >= 0.3 is 5.97 Å². The molecular formula is C21H24FNO4. The quantitative estimate of drug-likeness (QED) is 0.724. The van der Waals surface area contributed by atoms with Gasteiger partial charge in [-0.3, -0.25) is 4.79 Å². The molecule has 0 spiro atoms. The number of anilines is 1. The summed E-state index contributed by atoms with van der Waals surface area (Å²) in [7, 11) is 1.33. The summed E-state index contributed by atoms with van der Waals surface area (Å²) in [6, 6.07) is 11.3. The Balaban J connectivity index is 2.06. The molecule has 0 radical (unpaired) electrons. The summed E-state index contributed by atoms with van der Waals surface area (Å²) in [4.78, 5) is 24.6. The molecule has 1 amide bonds. The predicted molar refractivity (Wildman–Crippen MR) is 102 cm³/mol. The second-order valence-corrected chi connectivity index (χ2v) is 6.28. The number of carbonyl (C=O) groups is 2. The molecule has 0 bridgehead atoms. The lowest BCUT2D eigenvalue weighted by Gasteiger charge is -2.18. The summed E-state index contributed by atoms with van der Waals surface area (Å²) in [6.07, 6.45) is -0.104. The van der Waals surface area contributed by atoms with Gasteiger partial charge in [-0.2, -0.15) is 0 Å². The highest BCUT2D eigenvalue weighted by molar-refractivity contribution is 5.97. The molecule has 1 N–H and O–H groups in total. The first kappa shape index (κ1) is 20.4. The maximum Gasteiger partial charge on any atom is 0.339 e. The van der Waals surface area contributed by atoms with Gasteiger partial charge in [0, 0.05) is 5.69 Å². The van der Waals surface area contributed by atoms with Crippen LogP contribution in [0.2, 0.25) is 0 Å². The minimum atomic E-state index is -1.03. The molecule has 0 heterocycles. The monoisotopic (exact) mass is 373 g/mol. The minimum Gasteiger partial charge on any atom is -0.494 e. The Morgan fingerprint density at radius 2 is 1.85 bits per heavy atom. The van der Waals surface area contributed by atoms with Gasteiger partial charge in [-0.05, 0) is 49.1 Å². The summed E-state index contributed by atoms with van der Waals surface area (Å²) < 4.78 is 23.7. The highest BCUT2D eigenvalue weighted by Gasteiger charge is 2.21. The van der Waals surface area contributed by atoms with Crippen LogP contribution in [0.3, 0.4) is 0 Å². The third kappa shape index (κ3) is 5.06. The second kappa shape index (κ2) is 9.16. The number of benzene rings is 2. The molecule has 0 unspecified atom stereocenters. The summed E-state index contributed by atoms with van der Waals surface area (Å²) in [6.45, 7) is 5.62. The maximum atomic E-state index is 13.7. The van der Waals surface area contributed by atoms with Crippen molar-refractivity contribution in [3.63, 3.8) is 0 Å². The van der Waals surface area contributed by atoms with Gasteiger partial charge < -0.3 is 14.8 Å². The van der Waals surface area contributed by atoms with Gasteiger partial charge in [-0.1, -0.05) is 32.0 Å². The van der Waals surface area contributed by atoms with E-state index >= 15 is 0 Å². The molecule has 5 nitrogen and oxygen atoms in total. The molecule has 2 aromatic carbocycles. The Kier molecular flexibility index (Phi) is 6.93. The van der Waals surface area contributed by atoms with Crippen LogP contribution in [-0.4, -0.2) is 25.1 Å². The lowest BCUT2D eigenvalue weighted by atomic mass is 9.97. The van der Waals surface area contributed by atoms with Crippen molar-refractivity contribution in [2.24, 2.45) is 0 Å². The summed E-state index contributed by atoms with van der Waals surface area (Å²) >= 11 is 0. The fraction of sp³-hybridized carbons (Fsp3) is 0.333.